The van der Waals surface area contributed by atoms with Gasteiger partial charge in [0.15, 0.2) is 0 Å². The highest BCUT2D eigenvalue weighted by Gasteiger charge is 2.28. The lowest BCUT2D eigenvalue weighted by Gasteiger charge is -2.23. The second kappa shape index (κ2) is 7.64. The van der Waals surface area contributed by atoms with Crippen LogP contribution in [0.4, 0.5) is 5.69 Å². The van der Waals surface area contributed by atoms with Crippen molar-refractivity contribution in [3.05, 3.63) is 66.2 Å². The number of benzene rings is 3. The first kappa shape index (κ1) is 18.5. The average Bonchev–Trinajstić information content (AvgIpc) is 3.21. The van der Waals surface area contributed by atoms with Gasteiger partial charge in [-0.15, -0.1) is 0 Å². The van der Waals surface area contributed by atoms with E-state index in [1.54, 1.807) is 0 Å². The van der Waals surface area contributed by atoms with Crippen LogP contribution in [-0.4, -0.2) is 49.2 Å². The molecule has 0 radical (unpaired) electrons. The summed E-state index contributed by atoms with van der Waals surface area (Å²) in [5.74, 6) is 0.00705. The molecule has 3 aromatic rings. The van der Waals surface area contributed by atoms with E-state index >= 15 is 0 Å². The Hall–Kier alpha value is -2.85. The molecule has 0 bridgehead atoms. The highest BCUT2D eigenvalue weighted by molar-refractivity contribution is 6.04. The van der Waals surface area contributed by atoms with Crippen LogP contribution in [0.25, 0.3) is 21.9 Å². The van der Waals surface area contributed by atoms with Crippen molar-refractivity contribution in [2.75, 3.05) is 32.1 Å². The number of hydrogen-bond donors (Lipinski definition) is 1. The van der Waals surface area contributed by atoms with Crippen LogP contribution in [0, 0.1) is 0 Å². The smallest absolute Gasteiger partial charge is 0.254 e. The van der Waals surface area contributed by atoms with Gasteiger partial charge in [0.25, 0.3) is 5.91 Å². The van der Waals surface area contributed by atoms with Crippen molar-refractivity contribution in [3.8, 4) is 11.1 Å². The predicted octanol–water partition coefficient (Wildman–Crippen LogP) is 4.17. The zero-order valence-electron chi connectivity index (χ0n) is 16.4. The number of fused-ring (bicyclic) bond motifs is 1. The molecule has 0 aromatic heterocycles. The molecule has 0 spiro atoms. The second-order valence-corrected chi connectivity index (χ2v) is 7.63. The van der Waals surface area contributed by atoms with Crippen molar-refractivity contribution in [1.29, 1.82) is 0 Å². The molecule has 1 amide bonds. The van der Waals surface area contributed by atoms with Gasteiger partial charge in [0.05, 0.1) is 12.6 Å². The number of carbonyl (C=O) groups excluding carboxylic acids is 1. The molecule has 3 aromatic carbocycles. The molecule has 4 nitrogen and oxygen atoms in total. The van der Waals surface area contributed by atoms with E-state index in [0.29, 0.717) is 5.56 Å². The molecule has 1 unspecified atom stereocenters. The highest BCUT2D eigenvalue weighted by Crippen LogP contribution is 2.35. The van der Waals surface area contributed by atoms with E-state index in [4.69, 9.17) is 0 Å². The van der Waals surface area contributed by atoms with Crippen LogP contribution in [0.2, 0.25) is 0 Å². The number of carbonyl (C=O) groups is 1. The second-order valence-electron chi connectivity index (χ2n) is 7.63. The van der Waals surface area contributed by atoms with Crippen molar-refractivity contribution < 1.29 is 9.90 Å². The first-order chi connectivity index (χ1) is 13.6. The van der Waals surface area contributed by atoms with Crippen molar-refractivity contribution in [3.63, 3.8) is 0 Å². The summed E-state index contributed by atoms with van der Waals surface area (Å²) in [7, 11) is 4.10. The SMILES string of the molecule is CN(C)c1ccc(-c2cccc(C(=O)N3CCCC3CO)c2)c2ccccc12. The third-order valence-electron chi connectivity index (χ3n) is 5.65. The Morgan fingerprint density at radius 3 is 2.61 bits per heavy atom. The van der Waals surface area contributed by atoms with Gasteiger partial charge in [0.2, 0.25) is 0 Å². The lowest BCUT2D eigenvalue weighted by molar-refractivity contribution is 0.0677. The largest absolute Gasteiger partial charge is 0.394 e. The van der Waals surface area contributed by atoms with Crippen molar-refractivity contribution in [1.82, 2.24) is 4.90 Å². The fraction of sp³-hybridized carbons (Fsp3) is 0.292. The zero-order valence-corrected chi connectivity index (χ0v) is 16.4. The molecule has 1 atom stereocenters. The summed E-state index contributed by atoms with van der Waals surface area (Å²) < 4.78 is 0. The summed E-state index contributed by atoms with van der Waals surface area (Å²) in [6.07, 6.45) is 1.83. The molecule has 0 aliphatic carbocycles. The van der Waals surface area contributed by atoms with Gasteiger partial charge in [0, 0.05) is 37.3 Å². The molecule has 1 N–H and O–H groups in total. The lowest BCUT2D eigenvalue weighted by atomic mass is 9.95. The molecule has 4 rings (SSSR count). The van der Waals surface area contributed by atoms with Gasteiger partial charge in [0.1, 0.15) is 0 Å². The van der Waals surface area contributed by atoms with E-state index in [-0.39, 0.29) is 18.6 Å². The van der Waals surface area contributed by atoms with Crippen LogP contribution in [-0.2, 0) is 0 Å². The summed E-state index contributed by atoms with van der Waals surface area (Å²) >= 11 is 0. The van der Waals surface area contributed by atoms with Gasteiger partial charge >= 0.3 is 0 Å². The molecule has 0 saturated carbocycles. The number of rotatable bonds is 4. The Balaban J connectivity index is 1.76. The Morgan fingerprint density at radius 2 is 1.86 bits per heavy atom. The molecular formula is C24H26N2O2. The monoisotopic (exact) mass is 374 g/mol. The number of amides is 1. The first-order valence-electron chi connectivity index (χ1n) is 9.81. The van der Waals surface area contributed by atoms with Crippen molar-refractivity contribution in [2.24, 2.45) is 0 Å². The van der Waals surface area contributed by atoms with Crippen LogP contribution in [0.15, 0.2) is 60.7 Å². The van der Waals surface area contributed by atoms with Gasteiger partial charge in [-0.05, 0) is 47.6 Å². The van der Waals surface area contributed by atoms with Gasteiger partial charge in [-0.3, -0.25) is 4.79 Å². The maximum Gasteiger partial charge on any atom is 0.254 e. The zero-order chi connectivity index (χ0) is 19.7. The maximum atomic E-state index is 13.0. The van der Waals surface area contributed by atoms with E-state index in [1.807, 2.05) is 37.2 Å². The van der Waals surface area contributed by atoms with E-state index < -0.39 is 0 Å². The molecular weight excluding hydrogens is 348 g/mol. The molecule has 4 heteroatoms. The fourth-order valence-electron chi connectivity index (χ4n) is 4.20. The van der Waals surface area contributed by atoms with E-state index in [9.17, 15) is 9.90 Å². The summed E-state index contributed by atoms with van der Waals surface area (Å²) in [6, 6.07) is 20.4. The number of anilines is 1. The molecule has 28 heavy (non-hydrogen) atoms. The lowest BCUT2D eigenvalue weighted by Crippen LogP contribution is -2.37. The summed E-state index contributed by atoms with van der Waals surface area (Å²) in [6.45, 7) is 0.747. The van der Waals surface area contributed by atoms with Crippen LogP contribution >= 0.6 is 0 Å². The first-order valence-corrected chi connectivity index (χ1v) is 9.81. The summed E-state index contributed by atoms with van der Waals surface area (Å²) in [5.41, 5.74) is 4.01. The van der Waals surface area contributed by atoms with Gasteiger partial charge < -0.3 is 14.9 Å². The van der Waals surface area contributed by atoms with Gasteiger partial charge in [-0.2, -0.15) is 0 Å². The van der Waals surface area contributed by atoms with Crippen LogP contribution in [0.3, 0.4) is 0 Å². The minimum Gasteiger partial charge on any atom is -0.394 e. The third-order valence-corrected chi connectivity index (χ3v) is 5.65. The number of nitrogens with zero attached hydrogens (tertiary/aromatic N) is 2. The summed E-state index contributed by atoms with van der Waals surface area (Å²) in [4.78, 5) is 16.9. The Kier molecular flexibility index (Phi) is 5.05. The fourth-order valence-corrected chi connectivity index (χ4v) is 4.20. The molecule has 1 saturated heterocycles. The molecule has 1 aliphatic rings. The van der Waals surface area contributed by atoms with E-state index in [1.165, 1.54) is 16.5 Å². The standard InChI is InChI=1S/C24H26N2O2/c1-25(2)23-13-12-20(21-10-3-4-11-22(21)23)17-7-5-8-18(15-17)24(28)26-14-6-9-19(26)16-27/h3-5,7-8,10-13,15,19,27H,6,9,14,16H2,1-2H3. The maximum absolute atomic E-state index is 13.0. The van der Waals surface area contributed by atoms with Gasteiger partial charge in [-0.1, -0.05) is 42.5 Å². The molecule has 1 heterocycles. The molecule has 1 aliphatic heterocycles. The van der Waals surface area contributed by atoms with Crippen molar-refractivity contribution in [2.45, 2.75) is 18.9 Å². The summed E-state index contributed by atoms with van der Waals surface area (Å²) in [5, 5.41) is 11.9. The third kappa shape index (κ3) is 3.25. The quantitative estimate of drug-likeness (QED) is 0.745. The number of hydrogen-bond acceptors (Lipinski definition) is 3. The van der Waals surface area contributed by atoms with Crippen LogP contribution < -0.4 is 4.90 Å². The molecule has 144 valence electrons. The number of aliphatic hydroxyl groups excluding tert-OH is 1. The number of likely N-dealkylation sites (tertiary alicyclic amines) is 1. The van der Waals surface area contributed by atoms with Gasteiger partial charge in [-0.25, -0.2) is 0 Å². The van der Waals surface area contributed by atoms with E-state index in [0.717, 1.165) is 30.5 Å². The average molecular weight is 374 g/mol. The van der Waals surface area contributed by atoms with Crippen molar-refractivity contribution >= 4 is 22.4 Å². The van der Waals surface area contributed by atoms with Crippen LogP contribution in [0.5, 0.6) is 0 Å². The number of aliphatic hydroxyl groups is 1. The van der Waals surface area contributed by atoms with E-state index in [2.05, 4.69) is 47.4 Å². The minimum atomic E-state index is -0.0589. The highest BCUT2D eigenvalue weighted by atomic mass is 16.3. The minimum absolute atomic E-state index is 0.00705. The normalized spacial score (nSPS) is 16.5. The topological polar surface area (TPSA) is 43.8 Å². The Morgan fingerprint density at radius 1 is 1.07 bits per heavy atom. The Labute approximate surface area is 166 Å². The predicted molar refractivity (Wildman–Crippen MR) is 115 cm³/mol. The van der Waals surface area contributed by atoms with Crippen LogP contribution in [0.1, 0.15) is 23.2 Å². The Bertz CT molecular complexity index is 1010. The molecule has 1 fully saturated rings.